The van der Waals surface area contributed by atoms with E-state index in [1.54, 1.807) is 0 Å². The van der Waals surface area contributed by atoms with Crippen LogP contribution in [0.25, 0.3) is 0 Å². The van der Waals surface area contributed by atoms with Crippen molar-refractivity contribution in [3.63, 3.8) is 0 Å². The van der Waals surface area contributed by atoms with E-state index in [4.69, 9.17) is 0 Å². The van der Waals surface area contributed by atoms with Gasteiger partial charge in [0, 0.05) is 19.2 Å². The zero-order chi connectivity index (χ0) is 15.8. The highest BCUT2D eigenvalue weighted by molar-refractivity contribution is 7.89. The number of carbonyl (C=O) groups excluding carboxylic acids is 1. The highest BCUT2D eigenvalue weighted by Gasteiger charge is 2.45. The van der Waals surface area contributed by atoms with Crippen molar-refractivity contribution < 1.29 is 18.1 Å². The van der Waals surface area contributed by atoms with Crippen LogP contribution in [-0.2, 0) is 14.8 Å². The van der Waals surface area contributed by atoms with Crippen molar-refractivity contribution in [3.8, 4) is 0 Å². The smallest absolute Gasteiger partial charge is 0.358 e. The second-order valence-electron chi connectivity index (χ2n) is 5.00. The van der Waals surface area contributed by atoms with E-state index in [0.717, 1.165) is 22.6 Å². The quantitative estimate of drug-likeness (QED) is 0.613. The lowest BCUT2D eigenvalue weighted by Gasteiger charge is -2.39. The van der Waals surface area contributed by atoms with Crippen LogP contribution in [0.2, 0.25) is 0 Å². The summed E-state index contributed by atoms with van der Waals surface area (Å²) in [6, 6.07) is 2.13. The van der Waals surface area contributed by atoms with Crippen LogP contribution in [0.15, 0.2) is 23.2 Å². The van der Waals surface area contributed by atoms with Gasteiger partial charge in [-0.1, -0.05) is 0 Å². The third-order valence-corrected chi connectivity index (χ3v) is 5.33. The first-order valence-corrected chi connectivity index (χ1v) is 7.53. The molecular formula is C11H14N4O5S. The van der Waals surface area contributed by atoms with Crippen LogP contribution in [0.5, 0.6) is 0 Å². The zero-order valence-electron chi connectivity index (χ0n) is 11.4. The van der Waals surface area contributed by atoms with Crippen LogP contribution in [0.4, 0.5) is 5.82 Å². The second kappa shape index (κ2) is 5.04. The number of nitro groups is 1. The normalized spacial score (nSPS) is 19.0. The van der Waals surface area contributed by atoms with Crippen molar-refractivity contribution >= 4 is 21.7 Å². The Labute approximate surface area is 121 Å². The Bertz CT molecular complexity index is 683. The maximum absolute atomic E-state index is 12.6. The maximum atomic E-state index is 12.6. The number of nitrogens with zero attached hydrogens (tertiary/aromatic N) is 3. The van der Waals surface area contributed by atoms with Gasteiger partial charge in [0.25, 0.3) is 0 Å². The predicted molar refractivity (Wildman–Crippen MR) is 71.9 cm³/mol. The van der Waals surface area contributed by atoms with Gasteiger partial charge in [0.1, 0.15) is 10.4 Å². The average Bonchev–Trinajstić information content (AvgIpc) is 2.41. The number of carbonyl (C=O) groups is 1. The molecule has 1 aromatic heterocycles. The van der Waals surface area contributed by atoms with Crippen LogP contribution in [-0.4, -0.2) is 47.2 Å². The number of nitrogens with one attached hydrogen (secondary N) is 1. The average molecular weight is 314 g/mol. The molecule has 0 unspecified atom stereocenters. The summed E-state index contributed by atoms with van der Waals surface area (Å²) < 4.78 is 26.2. The summed E-state index contributed by atoms with van der Waals surface area (Å²) >= 11 is 0. The molecule has 114 valence electrons. The number of pyridine rings is 1. The molecule has 0 bridgehead atoms. The van der Waals surface area contributed by atoms with Gasteiger partial charge in [-0.2, -0.15) is 4.31 Å². The zero-order valence-corrected chi connectivity index (χ0v) is 12.3. The molecule has 0 atom stereocenters. The van der Waals surface area contributed by atoms with Gasteiger partial charge >= 0.3 is 5.82 Å². The van der Waals surface area contributed by atoms with Crippen molar-refractivity contribution in [2.75, 3.05) is 13.1 Å². The molecule has 0 spiro atoms. The molecule has 21 heavy (non-hydrogen) atoms. The van der Waals surface area contributed by atoms with E-state index in [2.05, 4.69) is 10.3 Å². The summed E-state index contributed by atoms with van der Waals surface area (Å²) in [5.41, 5.74) is -1.24. The van der Waals surface area contributed by atoms with Gasteiger partial charge in [-0.3, -0.25) is 4.79 Å². The third kappa shape index (κ3) is 2.59. The van der Waals surface area contributed by atoms with Crippen LogP contribution in [0.3, 0.4) is 0 Å². The molecule has 0 saturated carbocycles. The molecular weight excluding hydrogens is 300 g/mol. The Balaban J connectivity index is 2.41. The summed E-state index contributed by atoms with van der Waals surface area (Å²) in [6.45, 7) is 3.33. The van der Waals surface area contributed by atoms with Gasteiger partial charge in [-0.15, -0.1) is 0 Å². The van der Waals surface area contributed by atoms with E-state index >= 15 is 0 Å². The third-order valence-electron chi connectivity index (χ3n) is 3.28. The number of sulfonamides is 1. The molecule has 2 rings (SSSR count). The van der Waals surface area contributed by atoms with Crippen molar-refractivity contribution in [2.24, 2.45) is 0 Å². The first-order chi connectivity index (χ1) is 9.67. The molecule has 0 radical (unpaired) electrons. The van der Waals surface area contributed by atoms with Gasteiger partial charge in [-0.25, -0.2) is 8.42 Å². The standard InChI is InChI=1S/C11H14N4O5S/c1-11(2)10(16)12-5-6-14(11)21(19,20)8-3-4-9(13-7-8)15(17)18/h3-4,7H,5-6H2,1-2H3,(H,12,16). The topological polar surface area (TPSA) is 123 Å². The highest BCUT2D eigenvalue weighted by atomic mass is 32.2. The van der Waals surface area contributed by atoms with Crippen LogP contribution in [0, 0.1) is 10.1 Å². The van der Waals surface area contributed by atoms with Gasteiger partial charge in [-0.05, 0) is 29.8 Å². The number of hydrogen-bond donors (Lipinski definition) is 1. The van der Waals surface area contributed by atoms with E-state index in [9.17, 15) is 23.3 Å². The fraction of sp³-hybridized carbons (Fsp3) is 0.455. The second-order valence-corrected chi connectivity index (χ2v) is 6.86. The molecule has 1 N–H and O–H groups in total. The minimum atomic E-state index is -3.96. The molecule has 1 aromatic rings. The predicted octanol–water partition coefficient (Wildman–Crippen LogP) is -0.111. The lowest BCUT2D eigenvalue weighted by molar-refractivity contribution is -0.389. The monoisotopic (exact) mass is 314 g/mol. The van der Waals surface area contributed by atoms with Crippen LogP contribution in [0.1, 0.15) is 13.8 Å². The van der Waals surface area contributed by atoms with E-state index in [-0.39, 0.29) is 18.0 Å². The van der Waals surface area contributed by atoms with E-state index < -0.39 is 32.2 Å². The molecule has 2 heterocycles. The van der Waals surface area contributed by atoms with Crippen LogP contribution < -0.4 is 5.32 Å². The van der Waals surface area contributed by atoms with Gasteiger partial charge in [0.2, 0.25) is 15.9 Å². The fourth-order valence-corrected chi connectivity index (χ4v) is 3.76. The first-order valence-electron chi connectivity index (χ1n) is 6.09. The maximum Gasteiger partial charge on any atom is 0.363 e. The van der Waals surface area contributed by atoms with Crippen LogP contribution >= 0.6 is 0 Å². The molecule has 1 aliphatic rings. The molecule has 0 aliphatic carbocycles. The molecule has 1 aliphatic heterocycles. The molecule has 1 fully saturated rings. The minimum Gasteiger partial charge on any atom is -0.358 e. The minimum absolute atomic E-state index is 0.123. The Kier molecular flexibility index (Phi) is 3.68. The fourth-order valence-electron chi connectivity index (χ4n) is 2.06. The summed E-state index contributed by atoms with van der Waals surface area (Å²) in [5, 5.41) is 13.1. The summed E-state index contributed by atoms with van der Waals surface area (Å²) in [5.74, 6) is -0.836. The SMILES string of the molecule is CC1(C)C(=O)NCCN1S(=O)(=O)c1ccc([N+](=O)[O-])nc1. The molecule has 0 aromatic carbocycles. The van der Waals surface area contributed by atoms with Gasteiger partial charge in [0.05, 0.1) is 0 Å². The van der Waals surface area contributed by atoms with Gasteiger partial charge in [0.15, 0.2) is 6.20 Å². The largest absolute Gasteiger partial charge is 0.363 e. The van der Waals surface area contributed by atoms with Crippen molar-refractivity contribution in [1.82, 2.24) is 14.6 Å². The number of hydrogen-bond acceptors (Lipinski definition) is 6. The van der Waals surface area contributed by atoms with Crippen molar-refractivity contribution in [2.45, 2.75) is 24.3 Å². The molecule has 1 amide bonds. The molecule has 9 nitrogen and oxygen atoms in total. The highest BCUT2D eigenvalue weighted by Crippen LogP contribution is 2.26. The Morgan fingerprint density at radius 1 is 1.43 bits per heavy atom. The number of rotatable bonds is 3. The molecule has 10 heteroatoms. The van der Waals surface area contributed by atoms with Gasteiger partial charge < -0.3 is 15.4 Å². The lowest BCUT2D eigenvalue weighted by Crippen LogP contribution is -2.63. The summed E-state index contributed by atoms with van der Waals surface area (Å²) in [6.07, 6.45) is 0.927. The number of aromatic nitrogens is 1. The Morgan fingerprint density at radius 3 is 2.62 bits per heavy atom. The molecule has 1 saturated heterocycles. The van der Waals surface area contributed by atoms with Crippen molar-refractivity contribution in [3.05, 3.63) is 28.4 Å². The summed E-state index contributed by atoms with van der Waals surface area (Å²) in [4.78, 5) is 25.0. The number of piperazine rings is 1. The lowest BCUT2D eigenvalue weighted by atomic mass is 10.0. The first kappa shape index (κ1) is 15.3. The van der Waals surface area contributed by atoms with E-state index in [0.29, 0.717) is 0 Å². The summed E-state index contributed by atoms with van der Waals surface area (Å²) in [7, 11) is -3.96. The van der Waals surface area contributed by atoms with E-state index in [1.165, 1.54) is 13.8 Å². The Hall–Kier alpha value is -2.07. The van der Waals surface area contributed by atoms with Crippen molar-refractivity contribution in [1.29, 1.82) is 0 Å². The number of amides is 1. The Morgan fingerprint density at radius 2 is 2.10 bits per heavy atom. The van der Waals surface area contributed by atoms with E-state index in [1.807, 2.05) is 0 Å².